The molecular weight excluding hydrogens is 244 g/mol. The Morgan fingerprint density at radius 3 is 2.65 bits per heavy atom. The number of nitrogens with zero attached hydrogens (tertiary/aromatic N) is 2. The Hall–Kier alpha value is -0.660. The van der Waals surface area contributed by atoms with E-state index in [1.807, 2.05) is 6.92 Å². The molecule has 0 aromatic heterocycles. The van der Waals surface area contributed by atoms with E-state index in [0.29, 0.717) is 19.0 Å². The monoisotopic (exact) mass is 264 g/mol. The summed E-state index contributed by atoms with van der Waals surface area (Å²) in [5.41, 5.74) is 0. The lowest BCUT2D eigenvalue weighted by Crippen LogP contribution is -2.41. The van der Waals surface area contributed by atoms with Gasteiger partial charge >= 0.3 is 5.97 Å². The molecule has 0 radical (unpaired) electrons. The van der Waals surface area contributed by atoms with Gasteiger partial charge in [-0.3, -0.25) is 4.79 Å². The van der Waals surface area contributed by atoms with Gasteiger partial charge < -0.3 is 4.74 Å². The van der Waals surface area contributed by atoms with Crippen molar-refractivity contribution in [1.82, 2.24) is 8.61 Å². The van der Waals surface area contributed by atoms with Crippen LogP contribution in [-0.2, 0) is 19.7 Å². The summed E-state index contributed by atoms with van der Waals surface area (Å²) < 4.78 is 31.3. The summed E-state index contributed by atoms with van der Waals surface area (Å²) in [5, 5.41) is 0. The van der Waals surface area contributed by atoms with Gasteiger partial charge in [0.1, 0.15) is 0 Å². The van der Waals surface area contributed by atoms with Crippen molar-refractivity contribution in [3.63, 3.8) is 0 Å². The fourth-order valence-electron chi connectivity index (χ4n) is 1.77. The second-order valence-corrected chi connectivity index (χ2v) is 6.44. The van der Waals surface area contributed by atoms with Crippen LogP contribution >= 0.6 is 0 Å². The first kappa shape index (κ1) is 14.4. The Labute approximate surface area is 103 Å². The summed E-state index contributed by atoms with van der Waals surface area (Å²) in [4.78, 5) is 11.0. The average Bonchev–Trinajstić information content (AvgIpc) is 2.72. The number of hydrogen-bond donors (Lipinski definition) is 0. The van der Waals surface area contributed by atoms with Gasteiger partial charge in [-0.25, -0.2) is 0 Å². The summed E-state index contributed by atoms with van der Waals surface area (Å²) in [6.07, 6.45) is 0.972. The highest BCUT2D eigenvalue weighted by Gasteiger charge is 2.32. The van der Waals surface area contributed by atoms with Crippen LogP contribution in [0.3, 0.4) is 0 Å². The zero-order valence-electron chi connectivity index (χ0n) is 10.5. The topological polar surface area (TPSA) is 66.9 Å². The number of carbonyl (C=O) groups excluding carboxylic acids is 1. The second-order valence-electron chi connectivity index (χ2n) is 4.41. The predicted molar refractivity (Wildman–Crippen MR) is 63.5 cm³/mol. The maximum atomic E-state index is 12.1. The average molecular weight is 264 g/mol. The lowest BCUT2D eigenvalue weighted by Gasteiger charge is -2.23. The van der Waals surface area contributed by atoms with Crippen molar-refractivity contribution >= 4 is 16.2 Å². The first-order valence-corrected chi connectivity index (χ1v) is 7.06. The van der Waals surface area contributed by atoms with Crippen molar-refractivity contribution in [2.75, 3.05) is 33.8 Å². The fourth-order valence-corrected chi connectivity index (χ4v) is 3.26. The summed E-state index contributed by atoms with van der Waals surface area (Å²) in [6.45, 7) is 3.31. The lowest BCUT2D eigenvalue weighted by molar-refractivity contribution is -0.140. The zero-order valence-corrected chi connectivity index (χ0v) is 11.4. The highest BCUT2D eigenvalue weighted by atomic mass is 32.2. The van der Waals surface area contributed by atoms with Crippen LogP contribution in [0.1, 0.15) is 19.8 Å². The Morgan fingerprint density at radius 1 is 1.53 bits per heavy atom. The van der Waals surface area contributed by atoms with E-state index in [0.717, 1.165) is 6.42 Å². The molecule has 1 atom stereocenters. The molecule has 0 aromatic rings. The molecule has 7 heteroatoms. The SMILES string of the molecule is COC(=O)CCN(C)S(=O)(=O)N1CCC(C)C1. The minimum Gasteiger partial charge on any atom is -0.469 e. The number of esters is 1. The minimum atomic E-state index is -3.42. The molecule has 100 valence electrons. The molecule has 1 aliphatic heterocycles. The molecule has 1 heterocycles. The zero-order chi connectivity index (χ0) is 13.1. The first-order valence-electron chi connectivity index (χ1n) is 5.66. The Balaban J connectivity index is 2.55. The van der Waals surface area contributed by atoms with Crippen molar-refractivity contribution in [2.45, 2.75) is 19.8 Å². The number of methoxy groups -OCH3 is 1. The van der Waals surface area contributed by atoms with Crippen LogP contribution in [0.25, 0.3) is 0 Å². The highest BCUT2D eigenvalue weighted by Crippen LogP contribution is 2.20. The van der Waals surface area contributed by atoms with Crippen molar-refractivity contribution < 1.29 is 17.9 Å². The minimum absolute atomic E-state index is 0.0790. The standard InChI is InChI=1S/C10H20N2O4S/c1-9-4-7-12(8-9)17(14,15)11(2)6-5-10(13)16-3/h9H,4-8H2,1-3H3. The van der Waals surface area contributed by atoms with Gasteiger partial charge in [0.2, 0.25) is 0 Å². The Bertz CT molecular complexity index is 369. The normalized spacial score (nSPS) is 22.0. The van der Waals surface area contributed by atoms with E-state index in [-0.39, 0.29) is 13.0 Å². The number of hydrogen-bond acceptors (Lipinski definition) is 4. The molecular formula is C10H20N2O4S. The van der Waals surface area contributed by atoms with Crippen molar-refractivity contribution in [1.29, 1.82) is 0 Å². The van der Waals surface area contributed by atoms with E-state index in [9.17, 15) is 13.2 Å². The summed E-state index contributed by atoms with van der Waals surface area (Å²) in [7, 11) is -0.639. The van der Waals surface area contributed by atoms with Crippen molar-refractivity contribution in [2.24, 2.45) is 5.92 Å². The molecule has 0 bridgehead atoms. The maximum Gasteiger partial charge on any atom is 0.306 e. The van der Waals surface area contributed by atoms with E-state index >= 15 is 0 Å². The molecule has 1 unspecified atom stereocenters. The first-order chi connectivity index (χ1) is 7.87. The van der Waals surface area contributed by atoms with E-state index in [1.54, 1.807) is 0 Å². The summed E-state index contributed by atoms with van der Waals surface area (Å²) in [5.74, 6) is 0.000576. The Morgan fingerprint density at radius 2 is 2.18 bits per heavy atom. The molecule has 0 aromatic carbocycles. The molecule has 1 saturated heterocycles. The summed E-state index contributed by atoms with van der Waals surface area (Å²) in [6, 6.07) is 0. The third-order valence-corrected chi connectivity index (χ3v) is 4.92. The van der Waals surface area contributed by atoms with Crippen molar-refractivity contribution in [3.8, 4) is 0 Å². The molecule has 1 aliphatic rings. The van der Waals surface area contributed by atoms with E-state index in [2.05, 4.69) is 4.74 Å². The third-order valence-electron chi connectivity index (χ3n) is 2.97. The van der Waals surface area contributed by atoms with E-state index in [1.165, 1.54) is 22.8 Å². The molecule has 0 N–H and O–H groups in total. The Kier molecular flexibility index (Phi) is 4.91. The van der Waals surface area contributed by atoms with Crippen LogP contribution in [0.4, 0.5) is 0 Å². The van der Waals surface area contributed by atoms with Gasteiger partial charge in [-0.15, -0.1) is 0 Å². The molecule has 17 heavy (non-hydrogen) atoms. The highest BCUT2D eigenvalue weighted by molar-refractivity contribution is 7.86. The van der Waals surface area contributed by atoms with E-state index in [4.69, 9.17) is 0 Å². The second kappa shape index (κ2) is 5.79. The van der Waals surface area contributed by atoms with Gasteiger partial charge in [-0.1, -0.05) is 6.92 Å². The largest absolute Gasteiger partial charge is 0.469 e. The molecule has 1 rings (SSSR count). The van der Waals surface area contributed by atoms with Crippen LogP contribution in [0.5, 0.6) is 0 Å². The van der Waals surface area contributed by atoms with Gasteiger partial charge in [0.25, 0.3) is 10.2 Å². The van der Waals surface area contributed by atoms with Gasteiger partial charge in [0.05, 0.1) is 13.5 Å². The van der Waals surface area contributed by atoms with Gasteiger partial charge in [0, 0.05) is 26.7 Å². The van der Waals surface area contributed by atoms with E-state index < -0.39 is 16.2 Å². The molecule has 0 saturated carbocycles. The molecule has 0 spiro atoms. The number of carbonyl (C=O) groups is 1. The third kappa shape index (κ3) is 3.65. The van der Waals surface area contributed by atoms with Gasteiger partial charge in [0.15, 0.2) is 0 Å². The van der Waals surface area contributed by atoms with Crippen molar-refractivity contribution in [3.05, 3.63) is 0 Å². The van der Waals surface area contributed by atoms with Crippen LogP contribution < -0.4 is 0 Å². The number of ether oxygens (including phenoxy) is 1. The quantitative estimate of drug-likeness (QED) is 0.659. The van der Waals surface area contributed by atoms with Crippen LogP contribution in [0.2, 0.25) is 0 Å². The van der Waals surface area contributed by atoms with Gasteiger partial charge in [-0.05, 0) is 12.3 Å². The number of rotatable bonds is 5. The van der Waals surface area contributed by atoms with Gasteiger partial charge in [-0.2, -0.15) is 17.0 Å². The molecule has 0 amide bonds. The van der Waals surface area contributed by atoms with Crippen LogP contribution in [0, 0.1) is 5.92 Å². The summed E-state index contributed by atoms with van der Waals surface area (Å²) >= 11 is 0. The predicted octanol–water partition coefficient (Wildman–Crippen LogP) is 0.0679. The van der Waals surface area contributed by atoms with Crippen LogP contribution in [0.15, 0.2) is 0 Å². The fraction of sp³-hybridized carbons (Fsp3) is 0.900. The molecule has 6 nitrogen and oxygen atoms in total. The van der Waals surface area contributed by atoms with Crippen LogP contribution in [-0.4, -0.2) is 56.8 Å². The maximum absolute atomic E-state index is 12.1. The smallest absolute Gasteiger partial charge is 0.306 e. The molecule has 1 fully saturated rings. The molecule has 0 aliphatic carbocycles. The lowest BCUT2D eigenvalue weighted by atomic mass is 10.2.